The van der Waals surface area contributed by atoms with Crippen molar-refractivity contribution in [3.8, 4) is 5.75 Å². The van der Waals surface area contributed by atoms with E-state index in [-0.39, 0.29) is 17.2 Å². The molecule has 0 aliphatic carbocycles. The quantitative estimate of drug-likeness (QED) is 0.349. The van der Waals surface area contributed by atoms with E-state index in [9.17, 15) is 9.59 Å². The molecule has 2 amide bonds. The van der Waals surface area contributed by atoms with Gasteiger partial charge in [-0.1, -0.05) is 51.4 Å². The fraction of sp³-hybridized carbons (Fsp3) is 0.423. The van der Waals surface area contributed by atoms with Gasteiger partial charge in [-0.3, -0.25) is 14.5 Å². The number of hydrogen-bond acceptors (Lipinski definition) is 5. The first-order chi connectivity index (χ1) is 15.3. The number of benzene rings is 2. The summed E-state index contributed by atoms with van der Waals surface area (Å²) in [7, 11) is 0. The molecule has 6 nitrogen and oxygen atoms in total. The van der Waals surface area contributed by atoms with Gasteiger partial charge in [0, 0.05) is 17.5 Å². The zero-order valence-electron chi connectivity index (χ0n) is 19.2. The largest absolute Gasteiger partial charge is 0.493 e. The minimum absolute atomic E-state index is 0.119. The van der Waals surface area contributed by atoms with Crippen molar-refractivity contribution >= 4 is 22.8 Å². The highest BCUT2D eigenvalue weighted by Gasteiger charge is 2.34. The maximum atomic E-state index is 12.5. The number of imide groups is 1. The number of fused-ring (bicyclic) bond motifs is 2. The lowest BCUT2D eigenvalue weighted by Crippen LogP contribution is -2.31. The molecule has 0 saturated carbocycles. The van der Waals surface area contributed by atoms with Gasteiger partial charge in [-0.2, -0.15) is 0 Å². The molecule has 0 atom stereocenters. The Morgan fingerprint density at radius 1 is 1.03 bits per heavy atom. The minimum atomic E-state index is -0.230. The van der Waals surface area contributed by atoms with Gasteiger partial charge in [-0.05, 0) is 48.9 Å². The summed E-state index contributed by atoms with van der Waals surface area (Å²) in [6.45, 7) is 9.41. The van der Waals surface area contributed by atoms with Crippen molar-refractivity contribution in [2.75, 3.05) is 13.2 Å². The number of ether oxygens (including phenoxy) is 1. The van der Waals surface area contributed by atoms with E-state index >= 15 is 0 Å². The maximum Gasteiger partial charge on any atom is 0.261 e. The van der Waals surface area contributed by atoms with Crippen molar-refractivity contribution in [2.45, 2.75) is 53.4 Å². The lowest BCUT2D eigenvalue weighted by Gasteiger charge is -2.16. The van der Waals surface area contributed by atoms with E-state index in [0.717, 1.165) is 47.2 Å². The molecule has 0 bridgehead atoms. The molecule has 3 aromatic rings. The Balaban J connectivity index is 1.44. The number of aromatic nitrogens is 1. The smallest absolute Gasteiger partial charge is 0.261 e. The van der Waals surface area contributed by atoms with Crippen LogP contribution in [0, 0.1) is 5.41 Å². The van der Waals surface area contributed by atoms with Crippen molar-refractivity contribution < 1.29 is 18.8 Å². The molecular formula is C26H30N2O4. The topological polar surface area (TPSA) is 72.6 Å². The second-order valence-corrected chi connectivity index (χ2v) is 9.55. The van der Waals surface area contributed by atoms with Crippen molar-refractivity contribution in [1.82, 2.24) is 10.1 Å². The first-order valence-corrected chi connectivity index (χ1v) is 11.3. The van der Waals surface area contributed by atoms with E-state index in [1.807, 2.05) is 12.1 Å². The summed E-state index contributed by atoms with van der Waals surface area (Å²) in [6, 6.07) is 11.0. The van der Waals surface area contributed by atoms with E-state index in [4.69, 9.17) is 9.26 Å². The predicted octanol–water partition coefficient (Wildman–Crippen LogP) is 5.43. The Kier molecular flexibility index (Phi) is 6.04. The molecule has 32 heavy (non-hydrogen) atoms. The van der Waals surface area contributed by atoms with Gasteiger partial charge in [0.05, 0.1) is 23.4 Å². The van der Waals surface area contributed by atoms with Crippen LogP contribution in [0.2, 0.25) is 0 Å². The third kappa shape index (κ3) is 4.27. The lowest BCUT2D eigenvalue weighted by molar-refractivity contribution is 0.0646. The molecule has 1 aliphatic rings. The average Bonchev–Trinajstić information content (AvgIpc) is 3.25. The molecule has 0 saturated heterocycles. The number of amides is 2. The van der Waals surface area contributed by atoms with Crippen LogP contribution in [-0.2, 0) is 12.8 Å². The number of nitrogens with zero attached hydrogens (tertiary/aromatic N) is 2. The van der Waals surface area contributed by atoms with Crippen LogP contribution in [0.5, 0.6) is 5.75 Å². The van der Waals surface area contributed by atoms with Gasteiger partial charge in [0.1, 0.15) is 5.75 Å². The van der Waals surface area contributed by atoms with E-state index < -0.39 is 0 Å². The molecule has 0 unspecified atom stereocenters. The monoisotopic (exact) mass is 434 g/mol. The molecule has 0 N–H and O–H groups in total. The molecule has 168 valence electrons. The first kappa shape index (κ1) is 22.1. The second-order valence-electron chi connectivity index (χ2n) is 9.55. The van der Waals surface area contributed by atoms with Gasteiger partial charge in [0.15, 0.2) is 5.58 Å². The number of rotatable bonds is 8. The highest BCUT2D eigenvalue weighted by atomic mass is 16.5. The van der Waals surface area contributed by atoms with Crippen LogP contribution in [0.15, 0.2) is 40.9 Å². The van der Waals surface area contributed by atoms with Crippen molar-refractivity contribution in [1.29, 1.82) is 0 Å². The van der Waals surface area contributed by atoms with Gasteiger partial charge < -0.3 is 9.26 Å². The first-order valence-electron chi connectivity index (χ1n) is 11.3. The number of hydrogen-bond donors (Lipinski definition) is 0. The Bertz CT molecular complexity index is 1120. The minimum Gasteiger partial charge on any atom is -0.493 e. The number of carbonyl (C=O) groups is 2. The van der Waals surface area contributed by atoms with Crippen LogP contribution in [0.3, 0.4) is 0 Å². The lowest BCUT2D eigenvalue weighted by atomic mass is 9.89. The standard InChI is InChI=1S/C26H30N2O4/c1-5-9-20-22(13-12-19-21(16-26(2,3)4)27-32-23(19)20)31-15-8-14-28-24(29)17-10-6-7-11-18(17)25(28)30/h6-7,10-13H,5,8-9,14-16H2,1-4H3. The fourth-order valence-corrected chi connectivity index (χ4v) is 4.19. The molecular weight excluding hydrogens is 404 g/mol. The summed E-state index contributed by atoms with van der Waals surface area (Å²) in [5, 5.41) is 5.38. The van der Waals surface area contributed by atoms with Crippen molar-refractivity contribution in [3.63, 3.8) is 0 Å². The molecule has 2 aromatic carbocycles. The molecule has 2 heterocycles. The Morgan fingerprint density at radius 3 is 2.34 bits per heavy atom. The summed E-state index contributed by atoms with van der Waals surface area (Å²) < 4.78 is 11.8. The van der Waals surface area contributed by atoms with Crippen LogP contribution >= 0.6 is 0 Å². The van der Waals surface area contributed by atoms with Crippen LogP contribution in [0.1, 0.15) is 72.5 Å². The van der Waals surface area contributed by atoms with Gasteiger partial charge in [-0.25, -0.2) is 0 Å². The van der Waals surface area contributed by atoms with Crippen molar-refractivity contribution in [2.24, 2.45) is 5.41 Å². The van der Waals surface area contributed by atoms with E-state index in [1.54, 1.807) is 24.3 Å². The van der Waals surface area contributed by atoms with E-state index in [2.05, 4.69) is 32.9 Å². The second kappa shape index (κ2) is 8.77. The molecule has 1 aromatic heterocycles. The van der Waals surface area contributed by atoms with Gasteiger partial charge in [-0.15, -0.1) is 0 Å². The number of carbonyl (C=O) groups excluding carboxylic acids is 2. The molecule has 0 spiro atoms. The SMILES string of the molecule is CCCc1c(OCCCN2C(=O)c3ccccc3C2=O)ccc2c(CC(C)(C)C)noc12. The molecule has 0 fully saturated rings. The van der Waals surface area contributed by atoms with E-state index in [1.165, 1.54) is 4.90 Å². The van der Waals surface area contributed by atoms with Gasteiger partial charge in [0.25, 0.3) is 11.8 Å². The average molecular weight is 435 g/mol. The van der Waals surface area contributed by atoms with Gasteiger partial charge >= 0.3 is 0 Å². The Labute approximate surface area is 188 Å². The predicted molar refractivity (Wildman–Crippen MR) is 123 cm³/mol. The Morgan fingerprint density at radius 2 is 1.72 bits per heavy atom. The highest BCUT2D eigenvalue weighted by Crippen LogP contribution is 2.33. The highest BCUT2D eigenvalue weighted by molar-refractivity contribution is 6.21. The van der Waals surface area contributed by atoms with Crippen LogP contribution in [-0.4, -0.2) is 35.0 Å². The normalized spacial score (nSPS) is 13.8. The third-order valence-corrected chi connectivity index (χ3v) is 5.64. The summed E-state index contributed by atoms with van der Waals surface area (Å²) >= 11 is 0. The number of aryl methyl sites for hydroxylation is 1. The van der Waals surface area contributed by atoms with Crippen LogP contribution in [0.25, 0.3) is 11.0 Å². The zero-order chi connectivity index (χ0) is 22.9. The van der Waals surface area contributed by atoms with Gasteiger partial charge in [0.2, 0.25) is 0 Å². The Hall–Kier alpha value is -3.15. The summed E-state index contributed by atoms with van der Waals surface area (Å²) in [4.78, 5) is 26.3. The summed E-state index contributed by atoms with van der Waals surface area (Å²) in [6.07, 6.45) is 3.18. The molecule has 1 aliphatic heterocycles. The summed E-state index contributed by atoms with van der Waals surface area (Å²) in [5.74, 6) is 0.318. The molecule has 0 radical (unpaired) electrons. The third-order valence-electron chi connectivity index (χ3n) is 5.64. The van der Waals surface area contributed by atoms with Crippen LogP contribution in [0.4, 0.5) is 0 Å². The molecule has 6 heteroatoms. The fourth-order valence-electron chi connectivity index (χ4n) is 4.19. The summed E-state index contributed by atoms with van der Waals surface area (Å²) in [5.41, 5.74) is 3.87. The van der Waals surface area contributed by atoms with Crippen LogP contribution < -0.4 is 4.74 Å². The van der Waals surface area contributed by atoms with Crippen molar-refractivity contribution in [3.05, 3.63) is 58.8 Å². The van der Waals surface area contributed by atoms with E-state index in [0.29, 0.717) is 30.7 Å². The molecule has 4 rings (SSSR count). The zero-order valence-corrected chi connectivity index (χ0v) is 19.2. The maximum absolute atomic E-state index is 12.5.